The Bertz CT molecular complexity index is 1090. The summed E-state index contributed by atoms with van der Waals surface area (Å²) in [5.41, 5.74) is 6.70. The maximum atomic E-state index is 14.6. The first-order valence-corrected chi connectivity index (χ1v) is 10.9. The summed E-state index contributed by atoms with van der Waals surface area (Å²) in [7, 11) is 0. The topological polar surface area (TPSA) is 70.7 Å². The summed E-state index contributed by atoms with van der Waals surface area (Å²) < 4.78 is 53.9. The van der Waals surface area contributed by atoms with Crippen LogP contribution in [0.5, 0.6) is 0 Å². The van der Waals surface area contributed by atoms with Crippen molar-refractivity contribution >= 4 is 11.7 Å². The van der Waals surface area contributed by atoms with Crippen LogP contribution in [0.3, 0.4) is 0 Å². The molecule has 1 aromatic rings. The molecule has 0 saturated carbocycles. The smallest absolute Gasteiger partial charge is 0.345 e. The van der Waals surface area contributed by atoms with E-state index in [9.17, 15) is 22.4 Å². The van der Waals surface area contributed by atoms with Gasteiger partial charge in [0.1, 0.15) is 11.7 Å². The van der Waals surface area contributed by atoms with Crippen molar-refractivity contribution in [2.45, 2.75) is 57.4 Å². The Balaban J connectivity index is 1.61. The van der Waals surface area contributed by atoms with Crippen LogP contribution < -0.4 is 11.1 Å². The minimum Gasteiger partial charge on any atom is -0.345 e. The largest absolute Gasteiger partial charge is 0.419 e. The number of nitrogens with one attached hydrogen (secondary N) is 1. The molecule has 1 amide bonds. The Morgan fingerprint density at radius 1 is 1.33 bits per heavy atom. The third-order valence-corrected chi connectivity index (χ3v) is 6.13. The van der Waals surface area contributed by atoms with Crippen molar-refractivity contribution in [3.05, 3.63) is 70.2 Å². The first-order valence-electron chi connectivity index (χ1n) is 10.9. The molecule has 33 heavy (non-hydrogen) atoms. The van der Waals surface area contributed by atoms with Crippen molar-refractivity contribution in [2.75, 3.05) is 6.54 Å². The molecule has 0 fully saturated rings. The van der Waals surface area contributed by atoms with Gasteiger partial charge >= 0.3 is 6.18 Å². The number of aliphatic imine (C=N–C) groups is 1. The average Bonchev–Trinajstić information content (AvgIpc) is 3.12. The molecule has 176 valence electrons. The lowest BCUT2D eigenvalue weighted by Gasteiger charge is -2.27. The van der Waals surface area contributed by atoms with Crippen LogP contribution in [-0.2, 0) is 11.0 Å². The summed E-state index contributed by atoms with van der Waals surface area (Å²) in [6, 6.07) is 2.19. The molecule has 3 aliphatic rings. The zero-order valence-electron chi connectivity index (χ0n) is 18.4. The summed E-state index contributed by atoms with van der Waals surface area (Å²) in [4.78, 5) is 19.7. The SMILES string of the molecule is C[C@@H]1CN2C=C(C3=CCC(N)CC3)C=C(C(=O)N[C@H](C)c3cccc(C(F)(F)F)c3F)C2=N1. The van der Waals surface area contributed by atoms with Gasteiger partial charge in [0.2, 0.25) is 0 Å². The number of carbonyl (C=O) groups is 1. The molecule has 0 bridgehead atoms. The number of amides is 1. The van der Waals surface area contributed by atoms with Gasteiger partial charge in [-0.2, -0.15) is 13.2 Å². The zero-order valence-corrected chi connectivity index (χ0v) is 18.4. The molecule has 2 heterocycles. The summed E-state index contributed by atoms with van der Waals surface area (Å²) in [6.07, 6.45) is 3.38. The fraction of sp³-hybridized carbons (Fsp3) is 0.417. The minimum atomic E-state index is -4.82. The number of nitrogens with two attached hydrogens (primary N) is 1. The highest BCUT2D eigenvalue weighted by Crippen LogP contribution is 2.34. The monoisotopic (exact) mass is 462 g/mol. The second-order valence-corrected chi connectivity index (χ2v) is 8.76. The van der Waals surface area contributed by atoms with Gasteiger partial charge in [0, 0.05) is 24.4 Å². The molecular formula is C24H26F4N4O. The third kappa shape index (κ3) is 4.73. The number of benzene rings is 1. The summed E-state index contributed by atoms with van der Waals surface area (Å²) in [6.45, 7) is 4.01. The number of nitrogens with zero attached hydrogens (tertiary/aromatic N) is 2. The molecule has 0 radical (unpaired) electrons. The van der Waals surface area contributed by atoms with Crippen molar-refractivity contribution in [1.82, 2.24) is 10.2 Å². The van der Waals surface area contributed by atoms with E-state index in [0.717, 1.165) is 36.5 Å². The number of alkyl halides is 3. The Labute approximate surface area is 189 Å². The number of allylic oxidation sites excluding steroid dienone is 3. The Morgan fingerprint density at radius 2 is 2.09 bits per heavy atom. The van der Waals surface area contributed by atoms with Crippen LogP contribution in [0.25, 0.3) is 0 Å². The van der Waals surface area contributed by atoms with Crippen LogP contribution in [0.4, 0.5) is 17.6 Å². The Hall–Kier alpha value is -2.94. The molecule has 2 aliphatic heterocycles. The molecule has 3 N–H and O–H groups in total. The Morgan fingerprint density at radius 3 is 2.76 bits per heavy atom. The van der Waals surface area contributed by atoms with Gasteiger partial charge in [-0.3, -0.25) is 9.79 Å². The first-order chi connectivity index (χ1) is 15.5. The predicted octanol–water partition coefficient (Wildman–Crippen LogP) is 4.39. The fourth-order valence-corrected chi connectivity index (χ4v) is 4.37. The Kier molecular flexibility index (Phi) is 6.18. The quantitative estimate of drug-likeness (QED) is 0.653. The molecule has 1 aromatic carbocycles. The van der Waals surface area contributed by atoms with E-state index in [0.29, 0.717) is 24.0 Å². The van der Waals surface area contributed by atoms with Crippen molar-refractivity contribution in [3.63, 3.8) is 0 Å². The number of fused-ring (bicyclic) bond motifs is 1. The lowest BCUT2D eigenvalue weighted by atomic mass is 9.89. The van der Waals surface area contributed by atoms with Gasteiger partial charge in [-0.15, -0.1) is 0 Å². The van der Waals surface area contributed by atoms with Gasteiger partial charge in [0.25, 0.3) is 5.91 Å². The van der Waals surface area contributed by atoms with E-state index in [1.807, 2.05) is 18.0 Å². The van der Waals surface area contributed by atoms with Crippen LogP contribution in [0.15, 0.2) is 58.3 Å². The number of halogens is 4. The van der Waals surface area contributed by atoms with Crippen LogP contribution in [-0.4, -0.2) is 35.3 Å². The van der Waals surface area contributed by atoms with E-state index in [1.165, 1.54) is 13.0 Å². The van der Waals surface area contributed by atoms with Gasteiger partial charge in [0.05, 0.1) is 23.2 Å². The van der Waals surface area contributed by atoms with Gasteiger partial charge in [-0.1, -0.05) is 18.2 Å². The van der Waals surface area contributed by atoms with Gasteiger partial charge in [-0.25, -0.2) is 4.39 Å². The second kappa shape index (κ2) is 8.78. The van der Waals surface area contributed by atoms with E-state index in [1.54, 1.807) is 6.08 Å². The highest BCUT2D eigenvalue weighted by Gasteiger charge is 2.36. The van der Waals surface area contributed by atoms with Crippen molar-refractivity contribution in [1.29, 1.82) is 0 Å². The number of hydrogen-bond acceptors (Lipinski definition) is 4. The van der Waals surface area contributed by atoms with E-state index in [-0.39, 0.29) is 17.6 Å². The molecule has 1 aliphatic carbocycles. The lowest BCUT2D eigenvalue weighted by molar-refractivity contribution is -0.140. The fourth-order valence-electron chi connectivity index (χ4n) is 4.37. The summed E-state index contributed by atoms with van der Waals surface area (Å²) >= 11 is 0. The highest BCUT2D eigenvalue weighted by molar-refractivity contribution is 6.22. The zero-order chi connectivity index (χ0) is 23.9. The van der Waals surface area contributed by atoms with Crippen LogP contribution in [0.1, 0.15) is 50.3 Å². The van der Waals surface area contributed by atoms with E-state index < -0.39 is 29.5 Å². The van der Waals surface area contributed by atoms with Gasteiger partial charge in [0.15, 0.2) is 0 Å². The van der Waals surface area contributed by atoms with Crippen LogP contribution in [0.2, 0.25) is 0 Å². The third-order valence-electron chi connectivity index (χ3n) is 6.13. The molecule has 0 spiro atoms. The molecule has 4 rings (SSSR count). The maximum absolute atomic E-state index is 14.6. The number of amidine groups is 1. The number of carbonyl (C=O) groups excluding carboxylic acids is 1. The molecule has 1 unspecified atom stereocenters. The molecule has 0 aromatic heterocycles. The molecule has 5 nitrogen and oxygen atoms in total. The lowest BCUT2D eigenvalue weighted by Crippen LogP contribution is -2.37. The minimum absolute atomic E-state index is 0.0149. The van der Waals surface area contributed by atoms with E-state index in [4.69, 9.17) is 5.73 Å². The molecular weight excluding hydrogens is 436 g/mol. The number of hydrogen-bond donors (Lipinski definition) is 2. The standard InChI is InChI=1S/C24H26F4N4O/c1-13-11-32-12-16(15-6-8-17(29)9-7-15)10-19(22(32)30-13)23(33)31-14(2)18-4-3-5-20(21(18)25)24(26,27)28/h3-6,10,12-14,17H,7-9,11,29H2,1-2H3,(H,31,33)/t13-,14-,17?/m1/s1. The summed E-state index contributed by atoms with van der Waals surface area (Å²) in [5.74, 6) is -1.39. The molecule has 9 heteroatoms. The second-order valence-electron chi connectivity index (χ2n) is 8.76. The van der Waals surface area contributed by atoms with Crippen LogP contribution in [0, 0.1) is 5.82 Å². The normalized spacial score (nSPS) is 23.8. The van der Waals surface area contributed by atoms with E-state index in [2.05, 4.69) is 16.4 Å². The van der Waals surface area contributed by atoms with Crippen molar-refractivity contribution < 1.29 is 22.4 Å². The predicted molar refractivity (Wildman–Crippen MR) is 118 cm³/mol. The molecule has 0 saturated heterocycles. The van der Waals surface area contributed by atoms with Crippen molar-refractivity contribution in [3.8, 4) is 0 Å². The maximum Gasteiger partial charge on any atom is 0.419 e. The van der Waals surface area contributed by atoms with Gasteiger partial charge < -0.3 is 16.0 Å². The van der Waals surface area contributed by atoms with Crippen molar-refractivity contribution in [2.24, 2.45) is 10.7 Å². The highest BCUT2D eigenvalue weighted by atomic mass is 19.4. The first kappa shape index (κ1) is 23.2. The summed E-state index contributed by atoms with van der Waals surface area (Å²) in [5, 5.41) is 2.65. The average molecular weight is 462 g/mol. The number of rotatable bonds is 4. The molecule has 3 atom stereocenters. The van der Waals surface area contributed by atoms with Crippen LogP contribution >= 0.6 is 0 Å². The van der Waals surface area contributed by atoms with Gasteiger partial charge in [-0.05, 0) is 56.4 Å². The van der Waals surface area contributed by atoms with E-state index >= 15 is 0 Å².